The summed E-state index contributed by atoms with van der Waals surface area (Å²) in [6.07, 6.45) is 2.04. The van der Waals surface area contributed by atoms with Gasteiger partial charge in [-0.1, -0.05) is 24.3 Å². The number of rotatable bonds is 7. The summed E-state index contributed by atoms with van der Waals surface area (Å²) >= 11 is 0. The number of carbonyl (C=O) groups excluding carboxylic acids is 4. The predicted octanol–water partition coefficient (Wildman–Crippen LogP) is 1.39. The molecule has 160 valence electrons. The van der Waals surface area contributed by atoms with Crippen LogP contribution in [0.3, 0.4) is 0 Å². The highest BCUT2D eigenvalue weighted by molar-refractivity contribution is 6.23. The van der Waals surface area contributed by atoms with Crippen molar-refractivity contribution in [2.24, 2.45) is 0 Å². The Labute approximate surface area is 179 Å². The molecule has 2 aliphatic heterocycles. The molecule has 0 aromatic heterocycles. The molecule has 31 heavy (non-hydrogen) atoms. The summed E-state index contributed by atoms with van der Waals surface area (Å²) in [4.78, 5) is 50.1. The van der Waals surface area contributed by atoms with Crippen LogP contribution in [-0.4, -0.2) is 41.1 Å². The molecule has 1 saturated heterocycles. The Morgan fingerprint density at radius 1 is 1.03 bits per heavy atom. The van der Waals surface area contributed by atoms with Gasteiger partial charge < -0.3 is 11.1 Å². The summed E-state index contributed by atoms with van der Waals surface area (Å²) in [5.41, 5.74) is 9.34. The molecule has 1 unspecified atom stereocenters. The number of para-hydroxylation sites is 1. The van der Waals surface area contributed by atoms with Crippen LogP contribution in [0.4, 0.5) is 5.69 Å². The molecule has 8 heteroatoms. The molecule has 0 radical (unpaired) electrons. The lowest BCUT2D eigenvalue weighted by Crippen LogP contribution is -2.54. The first-order valence-corrected chi connectivity index (χ1v) is 10.3. The highest BCUT2D eigenvalue weighted by Gasteiger charge is 2.44. The van der Waals surface area contributed by atoms with E-state index in [9.17, 15) is 19.2 Å². The van der Waals surface area contributed by atoms with Crippen LogP contribution in [0.2, 0.25) is 0 Å². The van der Waals surface area contributed by atoms with E-state index in [2.05, 4.69) is 10.6 Å². The number of amides is 4. The average molecular weight is 420 g/mol. The van der Waals surface area contributed by atoms with Crippen LogP contribution < -0.4 is 16.4 Å². The molecule has 1 fully saturated rings. The number of hydrogen-bond acceptors (Lipinski definition) is 6. The third-order valence-electron chi connectivity index (χ3n) is 5.69. The maximum Gasteiger partial charge on any atom is 0.262 e. The van der Waals surface area contributed by atoms with E-state index in [1.54, 1.807) is 18.2 Å². The minimum absolute atomic E-state index is 0.105. The Balaban J connectivity index is 1.35. The molecule has 2 heterocycles. The van der Waals surface area contributed by atoms with Crippen molar-refractivity contribution in [1.29, 1.82) is 0 Å². The van der Waals surface area contributed by atoms with Crippen LogP contribution in [-0.2, 0) is 22.6 Å². The first kappa shape index (κ1) is 20.7. The summed E-state index contributed by atoms with van der Waals surface area (Å²) in [5.74, 6) is -1.97. The first-order valence-electron chi connectivity index (χ1n) is 10.3. The number of benzene rings is 2. The molecule has 1 atom stereocenters. The van der Waals surface area contributed by atoms with Crippen molar-refractivity contribution in [3.63, 3.8) is 0 Å². The van der Waals surface area contributed by atoms with Crippen molar-refractivity contribution >= 4 is 29.3 Å². The van der Waals surface area contributed by atoms with E-state index in [0.717, 1.165) is 41.1 Å². The van der Waals surface area contributed by atoms with Crippen LogP contribution >= 0.6 is 0 Å². The molecular weight excluding hydrogens is 396 g/mol. The highest BCUT2D eigenvalue weighted by Crippen LogP contribution is 2.28. The fraction of sp³-hybridized carbons (Fsp3) is 0.304. The standard InChI is InChI=1S/C23H24N4O4/c24-18-6-2-1-4-15(18)5-3-11-25-13-14-7-8-16-17(12-14)23(31)27(22(16)30)19-9-10-20(28)26-21(19)29/h1-2,4,6-8,12,19,25H,3,5,9-11,13,24H2,(H,26,28,29). The molecule has 0 spiro atoms. The van der Waals surface area contributed by atoms with Gasteiger partial charge >= 0.3 is 0 Å². The Bertz CT molecular complexity index is 1070. The molecular formula is C23H24N4O4. The molecule has 2 aromatic rings. The van der Waals surface area contributed by atoms with E-state index in [4.69, 9.17) is 5.73 Å². The molecule has 0 saturated carbocycles. The fourth-order valence-electron chi connectivity index (χ4n) is 4.03. The lowest BCUT2D eigenvalue weighted by molar-refractivity contribution is -0.136. The number of nitrogens with zero attached hydrogens (tertiary/aromatic N) is 1. The van der Waals surface area contributed by atoms with E-state index in [1.165, 1.54) is 0 Å². The van der Waals surface area contributed by atoms with E-state index in [0.29, 0.717) is 12.1 Å². The van der Waals surface area contributed by atoms with Crippen LogP contribution in [0, 0.1) is 0 Å². The summed E-state index contributed by atoms with van der Waals surface area (Å²) in [6, 6.07) is 12.0. The van der Waals surface area contributed by atoms with Gasteiger partial charge in [0, 0.05) is 18.7 Å². The van der Waals surface area contributed by atoms with Crippen LogP contribution in [0.15, 0.2) is 42.5 Å². The second-order valence-electron chi connectivity index (χ2n) is 7.81. The van der Waals surface area contributed by atoms with E-state index < -0.39 is 23.8 Å². The quantitative estimate of drug-likeness (QED) is 0.354. The first-order chi connectivity index (χ1) is 15.0. The maximum absolute atomic E-state index is 12.9. The van der Waals surface area contributed by atoms with Gasteiger partial charge in [-0.25, -0.2) is 0 Å². The normalized spacial score (nSPS) is 18.3. The van der Waals surface area contributed by atoms with Crippen molar-refractivity contribution in [3.8, 4) is 0 Å². The molecule has 0 bridgehead atoms. The van der Waals surface area contributed by atoms with Gasteiger partial charge in [-0.3, -0.25) is 29.4 Å². The molecule has 8 nitrogen and oxygen atoms in total. The molecule has 4 amide bonds. The number of piperidine rings is 1. The van der Waals surface area contributed by atoms with Gasteiger partial charge in [0.2, 0.25) is 11.8 Å². The lowest BCUT2D eigenvalue weighted by atomic mass is 10.0. The molecule has 0 aliphatic carbocycles. The van der Waals surface area contributed by atoms with E-state index >= 15 is 0 Å². The third kappa shape index (κ3) is 4.20. The van der Waals surface area contributed by atoms with E-state index in [1.807, 2.05) is 24.3 Å². The molecule has 2 aliphatic rings. The largest absolute Gasteiger partial charge is 0.399 e. The van der Waals surface area contributed by atoms with Gasteiger partial charge in [-0.15, -0.1) is 0 Å². The van der Waals surface area contributed by atoms with Crippen molar-refractivity contribution in [2.45, 2.75) is 38.3 Å². The van der Waals surface area contributed by atoms with Gasteiger partial charge in [-0.05, 0) is 55.1 Å². The summed E-state index contributed by atoms with van der Waals surface area (Å²) in [5, 5.41) is 5.54. The van der Waals surface area contributed by atoms with Crippen LogP contribution in [0.25, 0.3) is 0 Å². The Morgan fingerprint density at radius 2 is 1.81 bits per heavy atom. The number of carbonyl (C=O) groups is 4. The van der Waals surface area contributed by atoms with Crippen molar-refractivity contribution in [1.82, 2.24) is 15.5 Å². The van der Waals surface area contributed by atoms with Gasteiger partial charge in [0.25, 0.3) is 11.8 Å². The third-order valence-corrected chi connectivity index (χ3v) is 5.69. The number of nitrogens with one attached hydrogen (secondary N) is 2. The number of nitrogens with two attached hydrogens (primary N) is 1. The zero-order chi connectivity index (χ0) is 22.0. The number of fused-ring (bicyclic) bond motifs is 1. The SMILES string of the molecule is Nc1ccccc1CCCNCc1ccc2c(c1)C(=O)N(C1CCC(=O)NC1=O)C2=O. The maximum atomic E-state index is 12.9. The summed E-state index contributed by atoms with van der Waals surface area (Å²) in [6.45, 7) is 1.33. The van der Waals surface area contributed by atoms with Crippen molar-refractivity contribution < 1.29 is 19.2 Å². The van der Waals surface area contributed by atoms with Crippen LogP contribution in [0.1, 0.15) is 51.1 Å². The molecule has 2 aromatic carbocycles. The van der Waals surface area contributed by atoms with Gasteiger partial charge in [0.05, 0.1) is 11.1 Å². The number of nitrogen functional groups attached to an aromatic ring is 1. The molecule has 4 rings (SSSR count). The Hall–Kier alpha value is -3.52. The smallest absolute Gasteiger partial charge is 0.262 e. The number of aryl methyl sites for hydroxylation is 1. The van der Waals surface area contributed by atoms with E-state index in [-0.39, 0.29) is 24.3 Å². The van der Waals surface area contributed by atoms with Crippen molar-refractivity contribution in [3.05, 3.63) is 64.7 Å². The summed E-state index contributed by atoms with van der Waals surface area (Å²) < 4.78 is 0. The number of hydrogen-bond donors (Lipinski definition) is 3. The Morgan fingerprint density at radius 3 is 2.58 bits per heavy atom. The minimum Gasteiger partial charge on any atom is -0.399 e. The fourth-order valence-corrected chi connectivity index (χ4v) is 4.03. The van der Waals surface area contributed by atoms with Gasteiger partial charge in [-0.2, -0.15) is 0 Å². The van der Waals surface area contributed by atoms with Gasteiger partial charge in [0.1, 0.15) is 6.04 Å². The summed E-state index contributed by atoms with van der Waals surface area (Å²) in [7, 11) is 0. The zero-order valence-electron chi connectivity index (χ0n) is 17.0. The monoisotopic (exact) mass is 420 g/mol. The van der Waals surface area contributed by atoms with Crippen LogP contribution in [0.5, 0.6) is 0 Å². The molecule has 4 N–H and O–H groups in total. The lowest BCUT2D eigenvalue weighted by Gasteiger charge is -2.27. The second-order valence-corrected chi connectivity index (χ2v) is 7.81. The highest BCUT2D eigenvalue weighted by atomic mass is 16.2. The average Bonchev–Trinajstić information content (AvgIpc) is 2.99. The minimum atomic E-state index is -0.947. The number of anilines is 1. The topological polar surface area (TPSA) is 122 Å². The Kier molecular flexibility index (Phi) is 5.81. The second kappa shape index (κ2) is 8.69. The zero-order valence-corrected chi connectivity index (χ0v) is 17.0. The number of imide groups is 2. The predicted molar refractivity (Wildman–Crippen MR) is 114 cm³/mol. The van der Waals surface area contributed by atoms with Gasteiger partial charge in [0.15, 0.2) is 0 Å². The van der Waals surface area contributed by atoms with Crippen molar-refractivity contribution in [2.75, 3.05) is 12.3 Å².